The van der Waals surface area contributed by atoms with Gasteiger partial charge in [-0.05, 0) is 49.4 Å². The molecule has 0 fully saturated rings. The standard InChI is InChI=1S/C13H17NO/c1-2-15-12-7-6-11-13-9(8-14-11)4-3-5-10(12)13/h6-7,9,14H,2-5,8H2,1H3. The molecular formula is C13H17NO. The zero-order chi connectivity index (χ0) is 10.3. The van der Waals surface area contributed by atoms with E-state index in [2.05, 4.69) is 24.4 Å². The molecule has 1 aromatic rings. The van der Waals surface area contributed by atoms with Crippen molar-refractivity contribution >= 4 is 5.69 Å². The van der Waals surface area contributed by atoms with Crippen LogP contribution in [0.3, 0.4) is 0 Å². The molecule has 0 saturated heterocycles. The van der Waals surface area contributed by atoms with Crippen molar-refractivity contribution in [2.45, 2.75) is 32.1 Å². The van der Waals surface area contributed by atoms with Gasteiger partial charge in [-0.3, -0.25) is 0 Å². The van der Waals surface area contributed by atoms with E-state index < -0.39 is 0 Å². The van der Waals surface area contributed by atoms with Gasteiger partial charge in [0.25, 0.3) is 0 Å². The molecule has 0 spiro atoms. The van der Waals surface area contributed by atoms with E-state index >= 15 is 0 Å². The fraction of sp³-hybridized carbons (Fsp3) is 0.538. The van der Waals surface area contributed by atoms with E-state index in [0.29, 0.717) is 0 Å². The Balaban J connectivity index is 2.11. The minimum Gasteiger partial charge on any atom is -0.494 e. The zero-order valence-electron chi connectivity index (χ0n) is 9.18. The Morgan fingerprint density at radius 1 is 1.47 bits per heavy atom. The van der Waals surface area contributed by atoms with Crippen molar-refractivity contribution in [3.8, 4) is 5.75 Å². The summed E-state index contributed by atoms with van der Waals surface area (Å²) in [6, 6.07) is 4.30. The maximum absolute atomic E-state index is 5.71. The number of hydrogen-bond acceptors (Lipinski definition) is 2. The molecule has 1 aliphatic heterocycles. The Morgan fingerprint density at radius 3 is 3.27 bits per heavy atom. The third-order valence-corrected chi connectivity index (χ3v) is 3.54. The van der Waals surface area contributed by atoms with E-state index in [0.717, 1.165) is 24.8 Å². The largest absolute Gasteiger partial charge is 0.494 e. The highest BCUT2D eigenvalue weighted by Crippen LogP contribution is 2.44. The van der Waals surface area contributed by atoms with E-state index in [9.17, 15) is 0 Å². The Hall–Kier alpha value is -1.18. The third kappa shape index (κ3) is 1.31. The van der Waals surface area contributed by atoms with Gasteiger partial charge in [-0.1, -0.05) is 0 Å². The van der Waals surface area contributed by atoms with Gasteiger partial charge in [0, 0.05) is 18.2 Å². The predicted molar refractivity (Wildman–Crippen MR) is 61.8 cm³/mol. The summed E-state index contributed by atoms with van der Waals surface area (Å²) in [6.45, 7) is 3.94. The first-order valence-corrected chi connectivity index (χ1v) is 5.92. The molecule has 2 heteroatoms. The molecule has 0 amide bonds. The van der Waals surface area contributed by atoms with Gasteiger partial charge < -0.3 is 10.1 Å². The number of benzene rings is 1. The molecule has 1 aliphatic carbocycles. The van der Waals surface area contributed by atoms with Gasteiger partial charge in [0.1, 0.15) is 5.75 Å². The van der Waals surface area contributed by atoms with Crippen LogP contribution in [0.5, 0.6) is 5.75 Å². The summed E-state index contributed by atoms with van der Waals surface area (Å²) in [5.74, 6) is 1.86. The first kappa shape index (κ1) is 9.08. The van der Waals surface area contributed by atoms with Crippen molar-refractivity contribution in [1.82, 2.24) is 0 Å². The van der Waals surface area contributed by atoms with Crippen LogP contribution in [0, 0.1) is 0 Å². The lowest BCUT2D eigenvalue weighted by Gasteiger charge is -2.22. The molecule has 0 bridgehead atoms. The maximum Gasteiger partial charge on any atom is 0.122 e. The fourth-order valence-corrected chi connectivity index (χ4v) is 2.92. The van der Waals surface area contributed by atoms with Crippen LogP contribution in [0.1, 0.15) is 36.8 Å². The smallest absolute Gasteiger partial charge is 0.122 e. The van der Waals surface area contributed by atoms with Gasteiger partial charge in [-0.15, -0.1) is 0 Å². The van der Waals surface area contributed by atoms with Crippen molar-refractivity contribution in [3.63, 3.8) is 0 Å². The summed E-state index contributed by atoms with van der Waals surface area (Å²) in [7, 11) is 0. The molecule has 1 atom stereocenters. The van der Waals surface area contributed by atoms with Gasteiger partial charge in [0.15, 0.2) is 0 Å². The summed E-state index contributed by atoms with van der Waals surface area (Å²) < 4.78 is 5.71. The Kier molecular flexibility index (Phi) is 2.08. The monoisotopic (exact) mass is 203 g/mol. The lowest BCUT2D eigenvalue weighted by molar-refractivity contribution is 0.334. The van der Waals surface area contributed by atoms with E-state index in [4.69, 9.17) is 4.74 Å². The maximum atomic E-state index is 5.71. The second-order valence-electron chi connectivity index (χ2n) is 4.41. The normalized spacial score (nSPS) is 22.1. The zero-order valence-corrected chi connectivity index (χ0v) is 9.18. The summed E-state index contributed by atoms with van der Waals surface area (Å²) in [5, 5.41) is 3.50. The lowest BCUT2D eigenvalue weighted by atomic mass is 9.83. The van der Waals surface area contributed by atoms with E-state index in [1.165, 1.54) is 30.5 Å². The van der Waals surface area contributed by atoms with Gasteiger partial charge in [0.2, 0.25) is 0 Å². The number of anilines is 1. The first-order chi connectivity index (χ1) is 7.40. The molecule has 2 aliphatic rings. The van der Waals surface area contributed by atoms with Crippen LogP contribution >= 0.6 is 0 Å². The van der Waals surface area contributed by atoms with Crippen molar-refractivity contribution in [3.05, 3.63) is 23.3 Å². The van der Waals surface area contributed by atoms with Crippen LogP contribution in [0.25, 0.3) is 0 Å². The highest BCUT2D eigenvalue weighted by molar-refractivity contribution is 5.65. The van der Waals surface area contributed by atoms with Crippen LogP contribution in [-0.4, -0.2) is 13.2 Å². The molecule has 1 heterocycles. The molecule has 1 aromatic carbocycles. The van der Waals surface area contributed by atoms with Crippen LogP contribution in [0.15, 0.2) is 12.1 Å². The van der Waals surface area contributed by atoms with Gasteiger partial charge in [0.05, 0.1) is 6.61 Å². The minimum atomic E-state index is 0.740. The predicted octanol–water partition coefficient (Wildman–Crippen LogP) is 2.93. The fourth-order valence-electron chi connectivity index (χ4n) is 2.92. The third-order valence-electron chi connectivity index (χ3n) is 3.54. The second kappa shape index (κ2) is 3.44. The van der Waals surface area contributed by atoms with Gasteiger partial charge in [-0.25, -0.2) is 0 Å². The number of rotatable bonds is 2. The topological polar surface area (TPSA) is 21.3 Å². The molecule has 15 heavy (non-hydrogen) atoms. The second-order valence-corrected chi connectivity index (χ2v) is 4.41. The van der Waals surface area contributed by atoms with Crippen molar-refractivity contribution < 1.29 is 4.74 Å². The molecule has 0 saturated carbocycles. The molecule has 0 radical (unpaired) electrons. The number of nitrogens with one attached hydrogen (secondary N) is 1. The van der Waals surface area contributed by atoms with Crippen LogP contribution < -0.4 is 10.1 Å². The van der Waals surface area contributed by atoms with Crippen molar-refractivity contribution in [1.29, 1.82) is 0 Å². The average Bonchev–Trinajstić information content (AvgIpc) is 2.68. The quantitative estimate of drug-likeness (QED) is 0.798. The number of ether oxygens (including phenoxy) is 1. The van der Waals surface area contributed by atoms with Gasteiger partial charge in [-0.2, -0.15) is 0 Å². The summed E-state index contributed by atoms with van der Waals surface area (Å²) in [4.78, 5) is 0. The summed E-state index contributed by atoms with van der Waals surface area (Å²) >= 11 is 0. The van der Waals surface area contributed by atoms with E-state index in [1.807, 2.05) is 0 Å². The summed E-state index contributed by atoms with van der Waals surface area (Å²) in [5.41, 5.74) is 4.36. The van der Waals surface area contributed by atoms with Gasteiger partial charge >= 0.3 is 0 Å². The van der Waals surface area contributed by atoms with Crippen molar-refractivity contribution in [2.75, 3.05) is 18.5 Å². The Labute approximate surface area is 90.6 Å². The van der Waals surface area contributed by atoms with E-state index in [1.54, 1.807) is 5.56 Å². The van der Waals surface area contributed by atoms with E-state index in [-0.39, 0.29) is 0 Å². The highest BCUT2D eigenvalue weighted by Gasteiger charge is 2.29. The average molecular weight is 203 g/mol. The molecule has 0 aromatic heterocycles. The molecule has 2 nitrogen and oxygen atoms in total. The van der Waals surface area contributed by atoms with Crippen LogP contribution in [0.2, 0.25) is 0 Å². The molecule has 3 rings (SSSR count). The van der Waals surface area contributed by atoms with Crippen LogP contribution in [0.4, 0.5) is 5.69 Å². The highest BCUT2D eigenvalue weighted by atomic mass is 16.5. The van der Waals surface area contributed by atoms with Crippen molar-refractivity contribution in [2.24, 2.45) is 0 Å². The lowest BCUT2D eigenvalue weighted by Crippen LogP contribution is -2.10. The molecule has 1 N–H and O–H groups in total. The molecule has 80 valence electrons. The summed E-state index contributed by atoms with van der Waals surface area (Å²) in [6.07, 6.45) is 3.84. The minimum absolute atomic E-state index is 0.740. The SMILES string of the molecule is CCOc1ccc2c3c1CCCC3CN2. The number of hydrogen-bond donors (Lipinski definition) is 1. The Morgan fingerprint density at radius 2 is 2.40 bits per heavy atom. The van der Waals surface area contributed by atoms with Crippen LogP contribution in [-0.2, 0) is 6.42 Å². The molecular weight excluding hydrogens is 186 g/mol. The Bertz CT molecular complexity index is 386. The first-order valence-electron chi connectivity index (χ1n) is 5.92. The molecule has 1 unspecified atom stereocenters.